The number of carbonyl (C=O) groups excluding carboxylic acids is 1. The first kappa shape index (κ1) is 26.5. The summed E-state index contributed by atoms with van der Waals surface area (Å²) < 4.78 is 5.31. The average Bonchev–Trinajstić information content (AvgIpc) is 2.73. The van der Waals surface area contributed by atoms with Crippen molar-refractivity contribution in [2.45, 2.75) is 124 Å². The molecule has 0 spiro atoms. The first-order valence-corrected chi connectivity index (χ1v) is 12.6. The van der Waals surface area contributed by atoms with Crippen LogP contribution in [0.5, 0.6) is 0 Å². The monoisotopic (exact) mass is 417 g/mol. The number of hydrogen-bond donors (Lipinski definition) is 1. The zero-order valence-corrected chi connectivity index (χ0v) is 20.1. The molecule has 0 aromatic heterocycles. The third-order valence-electron chi connectivity index (χ3n) is 6.07. The molecule has 0 aliphatic heterocycles. The van der Waals surface area contributed by atoms with Crippen molar-refractivity contribution in [1.82, 2.24) is 0 Å². The smallest absolute Gasteiger partial charge is 0.411 e. The van der Waals surface area contributed by atoms with E-state index in [1.165, 1.54) is 95.5 Å². The number of ether oxygens (including phenoxy) is 1. The summed E-state index contributed by atoms with van der Waals surface area (Å²) in [7, 11) is 0. The lowest BCUT2D eigenvalue weighted by Crippen LogP contribution is -2.15. The van der Waals surface area contributed by atoms with Crippen LogP contribution in [0.4, 0.5) is 10.5 Å². The Labute approximate surface area is 186 Å². The zero-order valence-electron chi connectivity index (χ0n) is 20.1. The lowest BCUT2D eigenvalue weighted by molar-refractivity contribution is 0.159. The van der Waals surface area contributed by atoms with E-state index in [-0.39, 0.29) is 6.09 Å². The molecule has 0 unspecified atom stereocenters. The fourth-order valence-corrected chi connectivity index (χ4v) is 3.85. The predicted octanol–water partition coefficient (Wildman–Crippen LogP) is 9.11. The van der Waals surface area contributed by atoms with E-state index in [0.717, 1.165) is 24.1 Å². The van der Waals surface area contributed by atoms with Gasteiger partial charge in [-0.1, -0.05) is 115 Å². The fourth-order valence-electron chi connectivity index (χ4n) is 3.85. The summed E-state index contributed by atoms with van der Waals surface area (Å²) >= 11 is 0. The molecule has 30 heavy (non-hydrogen) atoms. The van der Waals surface area contributed by atoms with E-state index >= 15 is 0 Å². The molecule has 0 saturated carbocycles. The second-order valence-corrected chi connectivity index (χ2v) is 8.81. The highest BCUT2D eigenvalue weighted by Gasteiger charge is 2.06. The minimum absolute atomic E-state index is 0.343. The lowest BCUT2D eigenvalue weighted by Gasteiger charge is -2.10. The highest BCUT2D eigenvalue weighted by molar-refractivity contribution is 5.85. The van der Waals surface area contributed by atoms with Gasteiger partial charge < -0.3 is 4.74 Å². The summed E-state index contributed by atoms with van der Waals surface area (Å²) in [4.78, 5) is 11.9. The van der Waals surface area contributed by atoms with Gasteiger partial charge in [-0.2, -0.15) is 0 Å². The molecule has 172 valence electrons. The number of unbranched alkanes of at least 4 members (excludes halogenated alkanes) is 15. The Morgan fingerprint density at radius 3 is 1.70 bits per heavy atom. The molecule has 0 fully saturated rings. The SMILES string of the molecule is CCCCCCCCCCCCCCCCCCOC(=O)Nc1cccc(C)c1C. The standard InChI is InChI=1S/C27H47NO2/c1-4-5-6-7-8-9-10-11-12-13-14-15-16-17-18-19-23-30-27(29)28-26-22-20-21-24(2)25(26)3/h20-22H,4-19,23H2,1-3H3,(H,28,29). The Kier molecular flexibility index (Phi) is 16.2. The summed E-state index contributed by atoms with van der Waals surface area (Å²) in [5, 5.41) is 2.84. The number of hydrogen-bond acceptors (Lipinski definition) is 2. The van der Waals surface area contributed by atoms with Crippen LogP contribution in [0.1, 0.15) is 121 Å². The van der Waals surface area contributed by atoms with Gasteiger partial charge in [-0.25, -0.2) is 4.79 Å². The van der Waals surface area contributed by atoms with Crippen LogP contribution in [0.2, 0.25) is 0 Å². The van der Waals surface area contributed by atoms with Crippen molar-refractivity contribution in [3.63, 3.8) is 0 Å². The van der Waals surface area contributed by atoms with E-state index in [9.17, 15) is 4.79 Å². The van der Waals surface area contributed by atoms with Gasteiger partial charge in [0.25, 0.3) is 0 Å². The maximum Gasteiger partial charge on any atom is 0.411 e. The number of nitrogens with one attached hydrogen (secondary N) is 1. The summed E-state index contributed by atoms with van der Waals surface area (Å²) in [5.41, 5.74) is 3.11. The molecule has 0 bridgehead atoms. The Hall–Kier alpha value is -1.51. The van der Waals surface area contributed by atoms with E-state index in [1.54, 1.807) is 0 Å². The number of carbonyl (C=O) groups is 1. The lowest BCUT2D eigenvalue weighted by atomic mass is 10.0. The van der Waals surface area contributed by atoms with Crippen LogP contribution in [0, 0.1) is 13.8 Å². The van der Waals surface area contributed by atoms with Crippen molar-refractivity contribution in [3.05, 3.63) is 29.3 Å². The number of aryl methyl sites for hydroxylation is 1. The van der Waals surface area contributed by atoms with E-state index in [0.29, 0.717) is 6.61 Å². The summed E-state index contributed by atoms with van der Waals surface area (Å²) in [6.45, 7) is 6.85. The molecule has 1 aromatic rings. The Morgan fingerprint density at radius 2 is 1.20 bits per heavy atom. The van der Waals surface area contributed by atoms with Crippen LogP contribution in [0.25, 0.3) is 0 Å². The molecule has 0 aliphatic rings. The van der Waals surface area contributed by atoms with Crippen LogP contribution in [-0.2, 0) is 4.74 Å². The van der Waals surface area contributed by atoms with Gasteiger partial charge >= 0.3 is 6.09 Å². The molecule has 0 atom stereocenters. The third kappa shape index (κ3) is 13.7. The first-order valence-electron chi connectivity index (χ1n) is 12.6. The molecule has 1 N–H and O–H groups in total. The number of benzene rings is 1. The average molecular weight is 418 g/mol. The number of amides is 1. The normalized spacial score (nSPS) is 10.9. The van der Waals surface area contributed by atoms with Crippen molar-refractivity contribution in [2.75, 3.05) is 11.9 Å². The van der Waals surface area contributed by atoms with Crippen molar-refractivity contribution < 1.29 is 9.53 Å². The highest BCUT2D eigenvalue weighted by atomic mass is 16.5. The predicted molar refractivity (Wildman–Crippen MR) is 130 cm³/mol. The Bertz CT molecular complexity index is 556. The first-order chi connectivity index (χ1) is 14.6. The number of anilines is 1. The highest BCUT2D eigenvalue weighted by Crippen LogP contribution is 2.18. The second kappa shape index (κ2) is 18.3. The van der Waals surface area contributed by atoms with Crippen molar-refractivity contribution in [3.8, 4) is 0 Å². The van der Waals surface area contributed by atoms with E-state index < -0.39 is 0 Å². The van der Waals surface area contributed by atoms with Crippen LogP contribution in [0.3, 0.4) is 0 Å². The summed E-state index contributed by atoms with van der Waals surface area (Å²) in [5.74, 6) is 0. The van der Waals surface area contributed by atoms with Gasteiger partial charge in [-0.15, -0.1) is 0 Å². The van der Waals surface area contributed by atoms with Crippen LogP contribution in [-0.4, -0.2) is 12.7 Å². The molecular weight excluding hydrogens is 370 g/mol. The summed E-state index contributed by atoms with van der Waals surface area (Å²) in [6.07, 6.45) is 21.2. The molecule has 1 aromatic carbocycles. The molecular formula is C27H47NO2. The molecule has 1 rings (SSSR count). The van der Waals surface area contributed by atoms with Gasteiger partial charge in [0.2, 0.25) is 0 Å². The topological polar surface area (TPSA) is 38.3 Å². The van der Waals surface area contributed by atoms with E-state index in [2.05, 4.69) is 12.2 Å². The van der Waals surface area contributed by atoms with E-state index in [4.69, 9.17) is 4.74 Å². The van der Waals surface area contributed by atoms with Crippen LogP contribution < -0.4 is 5.32 Å². The van der Waals surface area contributed by atoms with Gasteiger partial charge in [0.1, 0.15) is 0 Å². The maximum atomic E-state index is 11.9. The molecule has 3 heteroatoms. The van der Waals surface area contributed by atoms with Crippen molar-refractivity contribution in [1.29, 1.82) is 0 Å². The fraction of sp³-hybridized carbons (Fsp3) is 0.741. The van der Waals surface area contributed by atoms with Gasteiger partial charge in [0.15, 0.2) is 0 Å². The van der Waals surface area contributed by atoms with Gasteiger partial charge in [0.05, 0.1) is 6.61 Å². The Balaban J connectivity index is 1.83. The molecule has 0 saturated heterocycles. The van der Waals surface area contributed by atoms with E-state index in [1.807, 2.05) is 32.0 Å². The zero-order chi connectivity index (χ0) is 21.9. The number of rotatable bonds is 18. The quantitative estimate of drug-likeness (QED) is 0.242. The largest absolute Gasteiger partial charge is 0.449 e. The molecule has 0 radical (unpaired) electrons. The van der Waals surface area contributed by atoms with Gasteiger partial charge in [0, 0.05) is 5.69 Å². The Morgan fingerprint density at radius 1 is 0.733 bits per heavy atom. The molecule has 0 aliphatic carbocycles. The molecule has 3 nitrogen and oxygen atoms in total. The van der Waals surface area contributed by atoms with Gasteiger partial charge in [-0.3, -0.25) is 5.32 Å². The molecule has 0 heterocycles. The van der Waals surface area contributed by atoms with Crippen molar-refractivity contribution in [2.24, 2.45) is 0 Å². The molecule has 1 amide bonds. The van der Waals surface area contributed by atoms with Gasteiger partial charge in [-0.05, 0) is 37.5 Å². The third-order valence-corrected chi connectivity index (χ3v) is 6.07. The second-order valence-electron chi connectivity index (χ2n) is 8.81. The maximum absolute atomic E-state index is 11.9. The minimum atomic E-state index is -0.343. The summed E-state index contributed by atoms with van der Waals surface area (Å²) in [6, 6.07) is 5.91. The van der Waals surface area contributed by atoms with Crippen molar-refractivity contribution >= 4 is 11.8 Å². The van der Waals surface area contributed by atoms with Crippen LogP contribution in [0.15, 0.2) is 18.2 Å². The minimum Gasteiger partial charge on any atom is -0.449 e. The van der Waals surface area contributed by atoms with Crippen LogP contribution >= 0.6 is 0 Å².